The van der Waals surface area contributed by atoms with Crippen LogP contribution < -0.4 is 0 Å². The summed E-state index contributed by atoms with van der Waals surface area (Å²) in [6, 6.07) is 38.7. The van der Waals surface area contributed by atoms with Crippen molar-refractivity contribution in [3.05, 3.63) is 131 Å². The second-order valence-electron chi connectivity index (χ2n) is 11.9. The van der Waals surface area contributed by atoms with E-state index in [2.05, 4.69) is 145 Å². The van der Waals surface area contributed by atoms with Crippen LogP contribution in [0, 0.1) is 0 Å². The van der Waals surface area contributed by atoms with E-state index in [9.17, 15) is 0 Å². The summed E-state index contributed by atoms with van der Waals surface area (Å²) in [6.07, 6.45) is 0. The molecule has 0 amide bonds. The van der Waals surface area contributed by atoms with Gasteiger partial charge in [-0.3, -0.25) is 0 Å². The first kappa shape index (κ1) is 23.4. The lowest BCUT2D eigenvalue weighted by Crippen LogP contribution is -2.09. The van der Waals surface area contributed by atoms with Gasteiger partial charge < -0.3 is 0 Å². The lowest BCUT2D eigenvalue weighted by atomic mass is 9.83. The molecule has 4 aliphatic rings. The topological polar surface area (TPSA) is 0 Å². The highest BCUT2D eigenvalue weighted by Gasteiger charge is 2.26. The maximum Gasteiger partial charge on any atom is 0.0352 e. The van der Waals surface area contributed by atoms with Crippen LogP contribution in [0.4, 0.5) is 0 Å². The minimum absolute atomic E-state index is 0.122. The first-order chi connectivity index (χ1) is 16.6. The highest BCUT2D eigenvalue weighted by Crippen LogP contribution is 2.45. The fourth-order valence-electron chi connectivity index (χ4n) is 5.22. The molecular formula is C35H36. The summed E-state index contributed by atoms with van der Waals surface area (Å²) in [5, 5.41) is 0. The van der Waals surface area contributed by atoms with Gasteiger partial charge in [0.15, 0.2) is 0 Å². The zero-order valence-corrected chi connectivity index (χ0v) is 21.9. The average Bonchev–Trinajstić information content (AvgIpc) is 3.20. The van der Waals surface area contributed by atoms with Gasteiger partial charge in [-0.1, -0.05) is 145 Å². The maximum atomic E-state index is 2.34. The minimum atomic E-state index is 0.122. The van der Waals surface area contributed by atoms with Crippen LogP contribution in [0.25, 0.3) is 22.3 Å². The van der Waals surface area contributed by atoms with Crippen molar-refractivity contribution in [2.75, 3.05) is 0 Å². The van der Waals surface area contributed by atoms with Gasteiger partial charge in [0.25, 0.3) is 0 Å². The van der Waals surface area contributed by atoms with E-state index >= 15 is 0 Å². The monoisotopic (exact) mass is 456 g/mol. The van der Waals surface area contributed by atoms with Crippen molar-refractivity contribution in [3.63, 3.8) is 0 Å². The van der Waals surface area contributed by atoms with Crippen LogP contribution >= 0.6 is 0 Å². The molecule has 0 atom stereocenters. The minimum Gasteiger partial charge on any atom is -0.0622 e. The predicted molar refractivity (Wildman–Crippen MR) is 151 cm³/mol. The Kier molecular flexibility index (Phi) is 5.80. The molecule has 0 unspecified atom stereocenters. The molecule has 4 aliphatic carbocycles. The summed E-state index contributed by atoms with van der Waals surface area (Å²) < 4.78 is 0. The second kappa shape index (κ2) is 8.68. The van der Waals surface area contributed by atoms with Gasteiger partial charge in [0.2, 0.25) is 0 Å². The summed E-state index contributed by atoms with van der Waals surface area (Å²) in [4.78, 5) is 0. The summed E-state index contributed by atoms with van der Waals surface area (Å²) in [6.45, 7) is 13.7. The van der Waals surface area contributed by atoms with Gasteiger partial charge in [0.1, 0.15) is 0 Å². The molecule has 0 radical (unpaired) electrons. The van der Waals surface area contributed by atoms with Crippen molar-refractivity contribution in [3.8, 4) is 22.3 Å². The third kappa shape index (κ3) is 4.50. The Bertz CT molecular complexity index is 1300. The number of hydrogen-bond donors (Lipinski definition) is 0. The van der Waals surface area contributed by atoms with Gasteiger partial charge in [-0.2, -0.15) is 0 Å². The van der Waals surface area contributed by atoms with Crippen LogP contribution in [0.3, 0.4) is 0 Å². The molecule has 0 aliphatic heterocycles. The van der Waals surface area contributed by atoms with Gasteiger partial charge in [-0.05, 0) is 60.9 Å². The lowest BCUT2D eigenvalue weighted by molar-refractivity contribution is 0.590. The van der Waals surface area contributed by atoms with Gasteiger partial charge in [0.05, 0.1) is 0 Å². The van der Waals surface area contributed by atoms with Crippen molar-refractivity contribution in [2.45, 2.75) is 58.3 Å². The van der Waals surface area contributed by atoms with Crippen LogP contribution in [0.5, 0.6) is 0 Å². The molecule has 0 spiro atoms. The highest BCUT2D eigenvalue weighted by molar-refractivity contribution is 5.78. The van der Waals surface area contributed by atoms with Crippen LogP contribution in [0.1, 0.15) is 75.3 Å². The average molecular weight is 457 g/mol. The maximum absolute atomic E-state index is 2.34. The van der Waals surface area contributed by atoms with E-state index in [0.717, 1.165) is 0 Å². The van der Waals surface area contributed by atoms with Crippen LogP contribution in [0.15, 0.2) is 103 Å². The predicted octanol–water partition coefficient (Wildman–Crippen LogP) is 9.67. The van der Waals surface area contributed by atoms with Gasteiger partial charge in [0, 0.05) is 5.92 Å². The number of rotatable bonds is 3. The Hall–Kier alpha value is -3.38. The van der Waals surface area contributed by atoms with Crippen molar-refractivity contribution in [2.24, 2.45) is 0 Å². The van der Waals surface area contributed by atoms with E-state index in [1.807, 2.05) is 0 Å². The Morgan fingerprint density at radius 3 is 1.26 bits per heavy atom. The summed E-state index contributed by atoms with van der Waals surface area (Å²) >= 11 is 0. The molecule has 35 heavy (non-hydrogen) atoms. The first-order valence-corrected chi connectivity index (χ1v) is 12.7. The van der Waals surface area contributed by atoms with Crippen LogP contribution in [-0.4, -0.2) is 0 Å². The molecule has 0 aromatic heterocycles. The quantitative estimate of drug-likeness (QED) is 0.253. The third-order valence-corrected chi connectivity index (χ3v) is 7.36. The van der Waals surface area contributed by atoms with E-state index in [1.54, 1.807) is 0 Å². The molecule has 0 saturated carbocycles. The summed E-state index contributed by atoms with van der Waals surface area (Å²) in [5.41, 5.74) is 12.3. The SMILES string of the molecule is CC(C)(C)c1ccc2ccc(C(c3ccccc3)c3ccc4ccc(C(C)(C)C)ccc3-4)c-2cc1. The largest absolute Gasteiger partial charge is 0.0622 e. The van der Waals surface area contributed by atoms with E-state index in [0.29, 0.717) is 0 Å². The number of benzene rings is 1. The third-order valence-electron chi connectivity index (χ3n) is 7.36. The lowest BCUT2D eigenvalue weighted by Gasteiger charge is -2.20. The zero-order chi connectivity index (χ0) is 24.8. The molecular weight excluding hydrogens is 420 g/mol. The highest BCUT2D eigenvalue weighted by atomic mass is 14.3. The van der Waals surface area contributed by atoms with Gasteiger partial charge >= 0.3 is 0 Å². The Labute approximate surface area is 211 Å². The van der Waals surface area contributed by atoms with Crippen molar-refractivity contribution in [1.82, 2.24) is 0 Å². The normalized spacial score (nSPS) is 12.5. The van der Waals surface area contributed by atoms with E-state index in [-0.39, 0.29) is 16.7 Å². The van der Waals surface area contributed by atoms with Crippen LogP contribution in [-0.2, 0) is 10.8 Å². The Morgan fingerprint density at radius 2 is 0.829 bits per heavy atom. The smallest absolute Gasteiger partial charge is 0.0352 e. The molecule has 0 heteroatoms. The van der Waals surface area contributed by atoms with Crippen LogP contribution in [0.2, 0.25) is 0 Å². The molecule has 1 aromatic carbocycles. The fraction of sp³-hybridized carbons (Fsp3) is 0.257. The summed E-state index contributed by atoms with van der Waals surface area (Å²) in [5.74, 6) is 0.173. The molecule has 0 nitrogen and oxygen atoms in total. The molecule has 0 fully saturated rings. The molecule has 5 rings (SSSR count). The molecule has 0 N–H and O–H groups in total. The standard InChI is InChI=1S/C35H36/c1-34(2,3)27-16-12-24-14-20-31(29(24)22-18-27)33(26-10-8-7-9-11-26)32-21-15-25-13-17-28(35(4,5)6)19-23-30(25)32/h7-23,33H,1-6H3. The van der Waals surface area contributed by atoms with Crippen molar-refractivity contribution >= 4 is 0 Å². The van der Waals surface area contributed by atoms with E-state index in [4.69, 9.17) is 0 Å². The molecule has 1 aromatic rings. The molecule has 0 saturated heterocycles. The zero-order valence-electron chi connectivity index (χ0n) is 21.9. The second-order valence-corrected chi connectivity index (χ2v) is 11.9. The summed E-state index contributed by atoms with van der Waals surface area (Å²) in [7, 11) is 0. The van der Waals surface area contributed by atoms with Gasteiger partial charge in [-0.25, -0.2) is 0 Å². The number of hydrogen-bond acceptors (Lipinski definition) is 0. The fourth-order valence-corrected chi connectivity index (χ4v) is 5.22. The van der Waals surface area contributed by atoms with Crippen molar-refractivity contribution in [1.29, 1.82) is 0 Å². The number of fused-ring (bicyclic) bond motifs is 2. The van der Waals surface area contributed by atoms with E-state index < -0.39 is 0 Å². The Balaban J connectivity index is 1.72. The first-order valence-electron chi connectivity index (χ1n) is 12.7. The van der Waals surface area contributed by atoms with E-state index in [1.165, 1.54) is 50.1 Å². The molecule has 0 heterocycles. The Morgan fingerprint density at radius 1 is 0.429 bits per heavy atom. The van der Waals surface area contributed by atoms with Gasteiger partial charge in [-0.15, -0.1) is 0 Å². The molecule has 0 bridgehead atoms. The molecule has 176 valence electrons. The van der Waals surface area contributed by atoms with Crippen molar-refractivity contribution < 1.29 is 0 Å².